The molecule has 0 radical (unpaired) electrons. The number of hydrogen-bond donors (Lipinski definition) is 1. The maximum Gasteiger partial charge on any atom is 0.283 e. The molecule has 1 N–H and O–H groups in total. The Kier molecular flexibility index (Phi) is 4.54. The van der Waals surface area contributed by atoms with Crippen LogP contribution in [0.3, 0.4) is 0 Å². The second kappa shape index (κ2) is 5.98. The standard InChI is InChI=1S/C13H17BrN2O3/c1-13(6-3-7-15-9-13)19-8-10-4-2-5-11(12(10)14)16(17)18/h2,4-5,15H,3,6-9H2,1H3. The number of nitrogens with zero attached hydrogens (tertiary/aromatic N) is 1. The molecule has 2 rings (SSSR count). The van der Waals surface area contributed by atoms with Crippen molar-refractivity contribution >= 4 is 21.6 Å². The Bertz CT molecular complexity index is 473. The number of ether oxygens (including phenoxy) is 1. The summed E-state index contributed by atoms with van der Waals surface area (Å²) in [6.07, 6.45) is 2.10. The molecular formula is C13H17BrN2O3. The molecule has 1 heterocycles. The summed E-state index contributed by atoms with van der Waals surface area (Å²) >= 11 is 3.29. The number of nitro groups is 1. The van der Waals surface area contributed by atoms with Crippen LogP contribution in [0.5, 0.6) is 0 Å². The molecule has 0 amide bonds. The van der Waals surface area contributed by atoms with E-state index >= 15 is 0 Å². The lowest BCUT2D eigenvalue weighted by atomic mass is 9.96. The van der Waals surface area contributed by atoms with Crippen molar-refractivity contribution in [2.24, 2.45) is 0 Å². The minimum Gasteiger partial charge on any atom is -0.369 e. The average Bonchev–Trinajstić information content (AvgIpc) is 2.38. The van der Waals surface area contributed by atoms with E-state index in [0.717, 1.165) is 31.5 Å². The van der Waals surface area contributed by atoms with E-state index in [1.807, 2.05) is 6.07 Å². The van der Waals surface area contributed by atoms with Crippen LogP contribution in [0.2, 0.25) is 0 Å². The van der Waals surface area contributed by atoms with E-state index < -0.39 is 4.92 Å². The number of nitrogens with one attached hydrogen (secondary N) is 1. The summed E-state index contributed by atoms with van der Waals surface area (Å²) in [5.74, 6) is 0. The Morgan fingerprint density at radius 1 is 1.58 bits per heavy atom. The normalized spacial score (nSPS) is 23.3. The molecule has 104 valence electrons. The van der Waals surface area contributed by atoms with Crippen LogP contribution in [0.15, 0.2) is 22.7 Å². The summed E-state index contributed by atoms with van der Waals surface area (Å²) in [6, 6.07) is 5.01. The lowest BCUT2D eigenvalue weighted by Crippen LogP contribution is -2.45. The molecule has 1 atom stereocenters. The number of nitro benzene ring substituents is 1. The van der Waals surface area contributed by atoms with Crippen LogP contribution in [-0.2, 0) is 11.3 Å². The van der Waals surface area contributed by atoms with E-state index in [4.69, 9.17) is 4.74 Å². The van der Waals surface area contributed by atoms with Gasteiger partial charge in [-0.1, -0.05) is 12.1 Å². The van der Waals surface area contributed by atoms with E-state index in [1.165, 1.54) is 6.07 Å². The molecule has 0 bridgehead atoms. The summed E-state index contributed by atoms with van der Waals surface area (Å²) in [6.45, 7) is 4.30. The first-order valence-corrected chi connectivity index (χ1v) is 7.08. The summed E-state index contributed by atoms with van der Waals surface area (Å²) in [7, 11) is 0. The summed E-state index contributed by atoms with van der Waals surface area (Å²) < 4.78 is 6.46. The predicted molar refractivity (Wildman–Crippen MR) is 76.1 cm³/mol. The molecule has 1 saturated heterocycles. The SMILES string of the molecule is CC1(OCc2cccc([N+](=O)[O-])c2Br)CCCNC1. The largest absolute Gasteiger partial charge is 0.369 e. The zero-order valence-corrected chi connectivity index (χ0v) is 12.4. The lowest BCUT2D eigenvalue weighted by molar-refractivity contribution is -0.385. The van der Waals surface area contributed by atoms with Gasteiger partial charge in [-0.25, -0.2) is 0 Å². The Morgan fingerprint density at radius 2 is 2.37 bits per heavy atom. The van der Waals surface area contributed by atoms with E-state index in [0.29, 0.717) is 11.1 Å². The average molecular weight is 329 g/mol. The van der Waals surface area contributed by atoms with Gasteiger partial charge in [-0.3, -0.25) is 10.1 Å². The smallest absolute Gasteiger partial charge is 0.283 e. The van der Waals surface area contributed by atoms with E-state index in [-0.39, 0.29) is 11.3 Å². The number of piperidine rings is 1. The van der Waals surface area contributed by atoms with Gasteiger partial charge in [-0.2, -0.15) is 0 Å². The number of hydrogen-bond acceptors (Lipinski definition) is 4. The summed E-state index contributed by atoms with van der Waals surface area (Å²) in [5, 5.41) is 14.2. The van der Waals surface area contributed by atoms with Crippen molar-refractivity contribution in [3.63, 3.8) is 0 Å². The molecule has 0 aliphatic carbocycles. The second-order valence-corrected chi connectivity index (χ2v) is 5.82. The van der Waals surface area contributed by atoms with Crippen molar-refractivity contribution in [1.29, 1.82) is 0 Å². The van der Waals surface area contributed by atoms with Crippen LogP contribution in [0.1, 0.15) is 25.3 Å². The first-order chi connectivity index (χ1) is 9.02. The maximum atomic E-state index is 10.9. The quantitative estimate of drug-likeness (QED) is 0.681. The topological polar surface area (TPSA) is 64.4 Å². The highest BCUT2D eigenvalue weighted by Gasteiger charge is 2.28. The fourth-order valence-corrected chi connectivity index (χ4v) is 2.75. The zero-order chi connectivity index (χ0) is 13.9. The van der Waals surface area contributed by atoms with Gasteiger partial charge in [0.05, 0.1) is 17.1 Å². The first-order valence-electron chi connectivity index (χ1n) is 6.28. The van der Waals surface area contributed by atoms with E-state index in [9.17, 15) is 10.1 Å². The van der Waals surface area contributed by atoms with Crippen molar-refractivity contribution in [3.8, 4) is 0 Å². The molecule has 6 heteroatoms. The minimum absolute atomic E-state index is 0.0769. The molecule has 1 fully saturated rings. The Morgan fingerprint density at radius 3 is 3.00 bits per heavy atom. The van der Waals surface area contributed by atoms with Crippen LogP contribution in [0.25, 0.3) is 0 Å². The van der Waals surface area contributed by atoms with Crippen LogP contribution < -0.4 is 5.32 Å². The van der Waals surface area contributed by atoms with Crippen molar-refractivity contribution in [1.82, 2.24) is 5.32 Å². The zero-order valence-electron chi connectivity index (χ0n) is 10.8. The molecular weight excluding hydrogens is 312 g/mol. The van der Waals surface area contributed by atoms with Gasteiger partial charge in [0.15, 0.2) is 0 Å². The molecule has 1 aromatic rings. The third-order valence-corrected chi connectivity index (χ3v) is 4.30. The molecule has 1 unspecified atom stereocenters. The maximum absolute atomic E-state index is 10.9. The third-order valence-electron chi connectivity index (χ3n) is 3.39. The number of halogens is 1. The molecule has 19 heavy (non-hydrogen) atoms. The van der Waals surface area contributed by atoms with Crippen molar-refractivity contribution in [3.05, 3.63) is 38.3 Å². The highest BCUT2D eigenvalue weighted by molar-refractivity contribution is 9.10. The van der Waals surface area contributed by atoms with Gasteiger partial charge in [0.2, 0.25) is 0 Å². The predicted octanol–water partition coefficient (Wildman–Crippen LogP) is 3.02. The minimum atomic E-state index is -0.391. The van der Waals surface area contributed by atoms with Crippen LogP contribution in [-0.4, -0.2) is 23.6 Å². The van der Waals surface area contributed by atoms with E-state index in [2.05, 4.69) is 28.2 Å². The first kappa shape index (κ1) is 14.4. The summed E-state index contributed by atoms with van der Waals surface area (Å²) in [4.78, 5) is 10.5. The van der Waals surface area contributed by atoms with Gasteiger partial charge in [0.1, 0.15) is 4.47 Å². The van der Waals surface area contributed by atoms with E-state index in [1.54, 1.807) is 6.07 Å². The molecule has 0 aromatic heterocycles. The van der Waals surface area contributed by atoms with Gasteiger partial charge in [-0.05, 0) is 47.8 Å². The molecule has 5 nitrogen and oxygen atoms in total. The molecule has 1 aliphatic heterocycles. The molecule has 0 saturated carbocycles. The highest BCUT2D eigenvalue weighted by atomic mass is 79.9. The van der Waals surface area contributed by atoms with Crippen molar-refractivity contribution < 1.29 is 9.66 Å². The van der Waals surface area contributed by atoms with Crippen molar-refractivity contribution in [2.75, 3.05) is 13.1 Å². The highest BCUT2D eigenvalue weighted by Crippen LogP contribution is 2.30. The molecule has 1 aromatic carbocycles. The van der Waals surface area contributed by atoms with Gasteiger partial charge < -0.3 is 10.1 Å². The lowest BCUT2D eigenvalue weighted by Gasteiger charge is -2.34. The Hall–Kier alpha value is -0.980. The third kappa shape index (κ3) is 3.52. The molecule has 0 spiro atoms. The Balaban J connectivity index is 2.07. The monoisotopic (exact) mass is 328 g/mol. The Labute approximate surface area is 120 Å². The van der Waals surface area contributed by atoms with Crippen LogP contribution in [0.4, 0.5) is 5.69 Å². The van der Waals surface area contributed by atoms with Gasteiger partial charge in [0.25, 0.3) is 5.69 Å². The number of benzene rings is 1. The fourth-order valence-electron chi connectivity index (χ4n) is 2.22. The van der Waals surface area contributed by atoms with Crippen LogP contribution >= 0.6 is 15.9 Å². The second-order valence-electron chi connectivity index (χ2n) is 5.03. The van der Waals surface area contributed by atoms with Crippen molar-refractivity contribution in [2.45, 2.75) is 32.0 Å². The van der Waals surface area contributed by atoms with Gasteiger partial charge in [0, 0.05) is 12.6 Å². The number of rotatable bonds is 4. The molecule has 1 aliphatic rings. The summed E-state index contributed by atoms with van der Waals surface area (Å²) in [5.41, 5.74) is 0.691. The fraction of sp³-hybridized carbons (Fsp3) is 0.538. The van der Waals surface area contributed by atoms with Gasteiger partial charge in [-0.15, -0.1) is 0 Å². The van der Waals surface area contributed by atoms with Gasteiger partial charge >= 0.3 is 0 Å². The van der Waals surface area contributed by atoms with Crippen LogP contribution in [0, 0.1) is 10.1 Å².